The molecule has 1 atom stereocenters. The molecule has 1 N–H and O–H groups in total. The molecule has 0 aliphatic carbocycles. The molecule has 1 aliphatic rings. The van der Waals surface area contributed by atoms with Gasteiger partial charge in [-0.15, -0.1) is 0 Å². The van der Waals surface area contributed by atoms with Gasteiger partial charge in [0.15, 0.2) is 0 Å². The highest BCUT2D eigenvalue weighted by Crippen LogP contribution is 2.15. The maximum atomic E-state index is 4.50. The van der Waals surface area contributed by atoms with Gasteiger partial charge in [0.2, 0.25) is 0 Å². The Morgan fingerprint density at radius 3 is 2.74 bits per heavy atom. The van der Waals surface area contributed by atoms with Crippen molar-refractivity contribution in [3.63, 3.8) is 0 Å². The summed E-state index contributed by atoms with van der Waals surface area (Å²) in [5.74, 6) is 2.67. The van der Waals surface area contributed by atoms with E-state index in [-0.39, 0.29) is 0 Å². The van der Waals surface area contributed by atoms with Crippen LogP contribution in [0, 0.1) is 0 Å². The van der Waals surface area contributed by atoms with E-state index in [1.165, 1.54) is 0 Å². The minimum Gasteiger partial charge on any atom is -0.366 e. The number of aromatic nitrogens is 5. The van der Waals surface area contributed by atoms with Crippen LogP contribution in [-0.4, -0.2) is 68.2 Å². The summed E-state index contributed by atoms with van der Waals surface area (Å²) in [6, 6.07) is 8.45. The average molecular weight is 366 g/mol. The van der Waals surface area contributed by atoms with Gasteiger partial charge < -0.3 is 10.2 Å². The second-order valence-electron chi connectivity index (χ2n) is 6.98. The van der Waals surface area contributed by atoms with Crippen LogP contribution >= 0.6 is 0 Å². The first-order valence-corrected chi connectivity index (χ1v) is 9.57. The predicted molar refractivity (Wildman–Crippen MR) is 106 cm³/mol. The SMILES string of the molecule is CCc1cc(NC(C)CN2CCN(c3ccccn3)CC2)n2ncnc2n1. The molecule has 1 fully saturated rings. The van der Waals surface area contributed by atoms with Crippen molar-refractivity contribution in [3.05, 3.63) is 42.5 Å². The van der Waals surface area contributed by atoms with Crippen LogP contribution in [-0.2, 0) is 6.42 Å². The fourth-order valence-electron chi connectivity index (χ4n) is 3.53. The van der Waals surface area contributed by atoms with Crippen molar-refractivity contribution in [2.75, 3.05) is 42.9 Å². The van der Waals surface area contributed by atoms with Crippen LogP contribution in [0.15, 0.2) is 36.8 Å². The largest absolute Gasteiger partial charge is 0.366 e. The van der Waals surface area contributed by atoms with Crippen LogP contribution in [0.5, 0.6) is 0 Å². The van der Waals surface area contributed by atoms with Crippen molar-refractivity contribution in [2.24, 2.45) is 0 Å². The number of hydrogen-bond donors (Lipinski definition) is 1. The summed E-state index contributed by atoms with van der Waals surface area (Å²) < 4.78 is 1.77. The summed E-state index contributed by atoms with van der Waals surface area (Å²) in [4.78, 5) is 18.0. The first-order chi connectivity index (χ1) is 13.2. The highest BCUT2D eigenvalue weighted by molar-refractivity contribution is 5.45. The fourth-order valence-corrected chi connectivity index (χ4v) is 3.53. The molecule has 4 heterocycles. The molecular weight excluding hydrogens is 340 g/mol. The van der Waals surface area contributed by atoms with Gasteiger partial charge in [-0.25, -0.2) is 9.97 Å². The summed E-state index contributed by atoms with van der Waals surface area (Å²) >= 11 is 0. The van der Waals surface area contributed by atoms with Crippen molar-refractivity contribution in [3.8, 4) is 0 Å². The molecule has 0 spiro atoms. The second kappa shape index (κ2) is 7.87. The van der Waals surface area contributed by atoms with Gasteiger partial charge in [0, 0.05) is 56.7 Å². The van der Waals surface area contributed by atoms with Gasteiger partial charge in [0.05, 0.1) is 0 Å². The smallest absolute Gasteiger partial charge is 0.254 e. The minimum absolute atomic E-state index is 0.297. The Balaban J connectivity index is 1.35. The van der Waals surface area contributed by atoms with Gasteiger partial charge in [0.25, 0.3) is 5.78 Å². The van der Waals surface area contributed by atoms with Crippen LogP contribution < -0.4 is 10.2 Å². The molecule has 27 heavy (non-hydrogen) atoms. The molecule has 1 aliphatic heterocycles. The summed E-state index contributed by atoms with van der Waals surface area (Å²) in [7, 11) is 0. The molecule has 3 aromatic rings. The lowest BCUT2D eigenvalue weighted by Gasteiger charge is -2.36. The number of nitrogens with zero attached hydrogens (tertiary/aromatic N) is 7. The van der Waals surface area contributed by atoms with Crippen molar-refractivity contribution < 1.29 is 0 Å². The lowest BCUT2D eigenvalue weighted by Crippen LogP contribution is -2.49. The molecule has 1 saturated heterocycles. The third kappa shape index (κ3) is 4.00. The van der Waals surface area contributed by atoms with Crippen molar-refractivity contribution in [1.82, 2.24) is 29.5 Å². The summed E-state index contributed by atoms with van der Waals surface area (Å²) in [6.45, 7) is 9.38. The van der Waals surface area contributed by atoms with Gasteiger partial charge >= 0.3 is 0 Å². The van der Waals surface area contributed by atoms with E-state index in [4.69, 9.17) is 0 Å². The van der Waals surface area contributed by atoms with Crippen molar-refractivity contribution >= 4 is 17.4 Å². The maximum absolute atomic E-state index is 4.50. The van der Waals surface area contributed by atoms with E-state index in [0.29, 0.717) is 11.8 Å². The lowest BCUT2D eigenvalue weighted by molar-refractivity contribution is 0.250. The van der Waals surface area contributed by atoms with E-state index in [2.05, 4.69) is 61.1 Å². The number of fused-ring (bicyclic) bond motifs is 1. The Hall–Kier alpha value is -2.74. The number of rotatable bonds is 6. The molecule has 4 rings (SSSR count). The molecule has 0 saturated carbocycles. The predicted octanol–water partition coefficient (Wildman–Crippen LogP) is 1.70. The van der Waals surface area contributed by atoms with Crippen LogP contribution in [0.25, 0.3) is 5.78 Å². The van der Waals surface area contributed by atoms with E-state index in [1.54, 1.807) is 10.8 Å². The average Bonchev–Trinajstić information content (AvgIpc) is 3.18. The van der Waals surface area contributed by atoms with Gasteiger partial charge in [-0.1, -0.05) is 13.0 Å². The second-order valence-corrected chi connectivity index (χ2v) is 6.98. The molecule has 3 aromatic heterocycles. The molecule has 0 aromatic carbocycles. The van der Waals surface area contributed by atoms with Crippen molar-refractivity contribution in [1.29, 1.82) is 0 Å². The van der Waals surface area contributed by atoms with Crippen molar-refractivity contribution in [2.45, 2.75) is 26.3 Å². The summed E-state index contributed by atoms with van der Waals surface area (Å²) in [5, 5.41) is 7.88. The number of nitrogens with one attached hydrogen (secondary N) is 1. The highest BCUT2D eigenvalue weighted by Gasteiger charge is 2.20. The molecular formula is C19H26N8. The molecule has 8 heteroatoms. The molecule has 1 unspecified atom stereocenters. The number of pyridine rings is 1. The van der Waals surface area contributed by atoms with E-state index in [0.717, 1.165) is 56.5 Å². The molecule has 0 amide bonds. The highest BCUT2D eigenvalue weighted by atomic mass is 15.4. The summed E-state index contributed by atoms with van der Waals surface area (Å²) in [5.41, 5.74) is 1.02. The van der Waals surface area contributed by atoms with Crippen LogP contribution in [0.2, 0.25) is 0 Å². The van der Waals surface area contributed by atoms with E-state index in [9.17, 15) is 0 Å². The summed E-state index contributed by atoms with van der Waals surface area (Å²) in [6.07, 6.45) is 4.29. The molecule has 8 nitrogen and oxygen atoms in total. The quantitative estimate of drug-likeness (QED) is 0.712. The Kier molecular flexibility index (Phi) is 5.15. The lowest BCUT2D eigenvalue weighted by atomic mass is 10.2. The number of aryl methyl sites for hydroxylation is 1. The standard InChI is InChI=1S/C19H26N8/c1-3-16-12-18(27-19(24-16)21-14-22-27)23-15(2)13-25-8-10-26(11-9-25)17-6-4-5-7-20-17/h4-7,12,14-15,23H,3,8-11,13H2,1-2H3. The minimum atomic E-state index is 0.297. The van der Waals surface area contributed by atoms with E-state index >= 15 is 0 Å². The zero-order valence-corrected chi connectivity index (χ0v) is 15.9. The third-order valence-electron chi connectivity index (χ3n) is 4.94. The molecule has 142 valence electrons. The van der Waals surface area contributed by atoms with Gasteiger partial charge in [-0.05, 0) is 25.5 Å². The van der Waals surface area contributed by atoms with Gasteiger partial charge in [-0.2, -0.15) is 14.6 Å². The third-order valence-corrected chi connectivity index (χ3v) is 4.94. The first kappa shape index (κ1) is 17.7. The first-order valence-electron chi connectivity index (χ1n) is 9.57. The Morgan fingerprint density at radius 1 is 1.15 bits per heavy atom. The van der Waals surface area contributed by atoms with Crippen LogP contribution in [0.4, 0.5) is 11.6 Å². The fraction of sp³-hybridized carbons (Fsp3) is 0.474. The zero-order valence-electron chi connectivity index (χ0n) is 15.9. The van der Waals surface area contributed by atoms with E-state index < -0.39 is 0 Å². The van der Waals surface area contributed by atoms with Gasteiger partial charge in [0.1, 0.15) is 18.0 Å². The Bertz CT molecular complexity index is 870. The maximum Gasteiger partial charge on any atom is 0.254 e. The number of piperazine rings is 1. The zero-order chi connectivity index (χ0) is 18.6. The normalized spacial score (nSPS) is 16.6. The van der Waals surface area contributed by atoms with Gasteiger partial charge in [-0.3, -0.25) is 4.90 Å². The number of anilines is 2. The topological polar surface area (TPSA) is 74.5 Å². The van der Waals surface area contributed by atoms with E-state index in [1.807, 2.05) is 18.3 Å². The van der Waals surface area contributed by atoms with Crippen LogP contribution in [0.1, 0.15) is 19.5 Å². The Labute approximate surface area is 159 Å². The Morgan fingerprint density at radius 2 is 2.00 bits per heavy atom. The number of hydrogen-bond acceptors (Lipinski definition) is 7. The van der Waals surface area contributed by atoms with Crippen LogP contribution in [0.3, 0.4) is 0 Å². The monoisotopic (exact) mass is 366 g/mol. The molecule has 0 bridgehead atoms. The molecule has 0 radical (unpaired) electrons.